The van der Waals surface area contributed by atoms with Crippen LogP contribution in [0.1, 0.15) is 51.9 Å². The number of hydrogen-bond donors (Lipinski definition) is 4. The van der Waals surface area contributed by atoms with Gasteiger partial charge in [-0.3, -0.25) is 0 Å². The van der Waals surface area contributed by atoms with Crippen LogP contribution in [0.3, 0.4) is 0 Å². The molecule has 0 bridgehead atoms. The van der Waals surface area contributed by atoms with Crippen LogP contribution in [0.5, 0.6) is 0 Å². The van der Waals surface area contributed by atoms with E-state index in [1.807, 2.05) is 0 Å². The van der Waals surface area contributed by atoms with E-state index in [2.05, 4.69) is 6.92 Å². The number of hydrogen-bond acceptors (Lipinski definition) is 4. The van der Waals surface area contributed by atoms with Gasteiger partial charge in [-0.2, -0.15) is 0 Å². The average Bonchev–Trinajstić information content (AvgIpc) is 2.31. The maximum absolute atomic E-state index is 10.9. The van der Waals surface area contributed by atoms with Gasteiger partial charge >= 0.3 is 11.9 Å². The minimum Gasteiger partial charge on any atom is -0.479 e. The number of aliphatic hydroxyl groups is 2. The maximum atomic E-state index is 10.9. The second-order valence-corrected chi connectivity index (χ2v) is 4.49. The monoisotopic (exact) mass is 262 g/mol. The lowest BCUT2D eigenvalue weighted by Crippen LogP contribution is -2.53. The molecule has 0 saturated heterocycles. The van der Waals surface area contributed by atoms with Crippen molar-refractivity contribution in [3.8, 4) is 0 Å². The van der Waals surface area contributed by atoms with Crippen molar-refractivity contribution in [2.45, 2.75) is 63.6 Å². The molecular weight excluding hydrogens is 240 g/mol. The van der Waals surface area contributed by atoms with E-state index in [4.69, 9.17) is 10.2 Å². The summed E-state index contributed by atoms with van der Waals surface area (Å²) in [5.41, 5.74) is -2.60. The minimum absolute atomic E-state index is 0.262. The molecule has 0 heterocycles. The van der Waals surface area contributed by atoms with Gasteiger partial charge in [0, 0.05) is 0 Å². The molecule has 18 heavy (non-hydrogen) atoms. The van der Waals surface area contributed by atoms with Gasteiger partial charge < -0.3 is 20.4 Å². The molecule has 6 heteroatoms. The molecule has 0 aromatic heterocycles. The van der Waals surface area contributed by atoms with E-state index < -0.39 is 23.6 Å². The summed E-state index contributed by atoms with van der Waals surface area (Å²) in [7, 11) is 0. The molecule has 0 amide bonds. The van der Waals surface area contributed by atoms with Gasteiger partial charge in [-0.25, -0.2) is 9.59 Å². The van der Waals surface area contributed by atoms with Crippen molar-refractivity contribution in [2.24, 2.45) is 0 Å². The molecule has 2 unspecified atom stereocenters. The summed E-state index contributed by atoms with van der Waals surface area (Å²) in [6.07, 6.45) is 2.65. The van der Waals surface area contributed by atoms with Crippen molar-refractivity contribution in [1.29, 1.82) is 0 Å². The van der Waals surface area contributed by atoms with Crippen LogP contribution in [0.4, 0.5) is 0 Å². The van der Waals surface area contributed by atoms with E-state index in [1.54, 1.807) is 0 Å². The number of aliphatic carboxylic acids is 2. The van der Waals surface area contributed by atoms with Crippen LogP contribution >= 0.6 is 0 Å². The van der Waals surface area contributed by atoms with Crippen LogP contribution in [0, 0.1) is 0 Å². The normalized spacial score (nSPS) is 15.9. The van der Waals surface area contributed by atoms with Crippen LogP contribution in [-0.4, -0.2) is 44.1 Å². The lowest BCUT2D eigenvalue weighted by atomic mass is 9.90. The van der Waals surface area contributed by atoms with Crippen molar-refractivity contribution in [3.05, 3.63) is 0 Å². The Kier molecular flexibility index (Phi) is 7.54. The summed E-state index contributed by atoms with van der Waals surface area (Å²) in [5.74, 6) is -3.43. The highest BCUT2D eigenvalue weighted by Crippen LogP contribution is 2.21. The Morgan fingerprint density at radius 1 is 1.06 bits per heavy atom. The summed E-state index contributed by atoms with van der Waals surface area (Å²) < 4.78 is 0. The van der Waals surface area contributed by atoms with E-state index in [9.17, 15) is 19.8 Å². The van der Waals surface area contributed by atoms with Gasteiger partial charge in [-0.05, 0) is 12.8 Å². The average molecular weight is 262 g/mol. The lowest BCUT2D eigenvalue weighted by molar-refractivity contribution is -0.184. The Labute approximate surface area is 106 Å². The third kappa shape index (κ3) is 5.01. The molecule has 0 aliphatic carbocycles. The molecule has 2 atom stereocenters. The van der Waals surface area contributed by atoms with Crippen molar-refractivity contribution in [1.82, 2.24) is 0 Å². The summed E-state index contributed by atoms with van der Waals surface area (Å²) >= 11 is 0. The Hall–Kier alpha value is -1.14. The number of carbonyl (C=O) groups is 2. The van der Waals surface area contributed by atoms with E-state index in [0.717, 1.165) is 25.7 Å². The van der Waals surface area contributed by atoms with Crippen molar-refractivity contribution < 1.29 is 30.0 Å². The summed E-state index contributed by atoms with van der Waals surface area (Å²) in [6, 6.07) is 0. The highest BCUT2D eigenvalue weighted by atomic mass is 16.4. The SMILES string of the molecule is CCCCCCCCC(O)(C(=O)O)C(O)C(=O)O. The molecule has 0 radical (unpaired) electrons. The van der Waals surface area contributed by atoms with Crippen LogP contribution in [-0.2, 0) is 9.59 Å². The van der Waals surface area contributed by atoms with E-state index >= 15 is 0 Å². The maximum Gasteiger partial charge on any atom is 0.339 e. The molecule has 0 aliphatic heterocycles. The van der Waals surface area contributed by atoms with Crippen LogP contribution in [0.15, 0.2) is 0 Å². The molecule has 0 fully saturated rings. The fraction of sp³-hybridized carbons (Fsp3) is 0.833. The first kappa shape index (κ1) is 16.9. The molecular formula is C12H22O6. The molecule has 0 spiro atoms. The highest BCUT2D eigenvalue weighted by molar-refractivity contribution is 5.87. The second kappa shape index (κ2) is 8.05. The first-order valence-corrected chi connectivity index (χ1v) is 6.23. The lowest BCUT2D eigenvalue weighted by Gasteiger charge is -2.25. The van der Waals surface area contributed by atoms with E-state index in [1.165, 1.54) is 0 Å². The second-order valence-electron chi connectivity index (χ2n) is 4.49. The van der Waals surface area contributed by atoms with Gasteiger partial charge in [0.2, 0.25) is 0 Å². The molecule has 4 N–H and O–H groups in total. The molecule has 6 nitrogen and oxygen atoms in total. The number of rotatable bonds is 10. The summed E-state index contributed by atoms with van der Waals surface area (Å²) in [5, 5.41) is 36.3. The zero-order valence-corrected chi connectivity index (χ0v) is 10.6. The standard InChI is InChI=1S/C12H22O6/c1-2-3-4-5-6-7-8-12(18,11(16)17)9(13)10(14)15/h9,13,18H,2-8H2,1H3,(H,14,15)(H,16,17). The van der Waals surface area contributed by atoms with Gasteiger partial charge in [-0.1, -0.05) is 39.0 Å². The number of carboxylic acids is 2. The Bertz CT molecular complexity index is 278. The fourth-order valence-electron chi connectivity index (χ4n) is 1.74. The molecule has 106 valence electrons. The summed E-state index contributed by atoms with van der Waals surface area (Å²) in [4.78, 5) is 21.4. The van der Waals surface area contributed by atoms with Crippen molar-refractivity contribution in [2.75, 3.05) is 0 Å². The molecule has 0 aromatic carbocycles. The molecule has 0 aromatic rings. The van der Waals surface area contributed by atoms with Gasteiger partial charge in [-0.15, -0.1) is 0 Å². The first-order chi connectivity index (χ1) is 8.36. The number of aliphatic hydroxyl groups excluding tert-OH is 1. The van der Waals surface area contributed by atoms with Crippen LogP contribution < -0.4 is 0 Å². The van der Waals surface area contributed by atoms with Crippen molar-refractivity contribution in [3.63, 3.8) is 0 Å². The Balaban J connectivity index is 4.21. The predicted octanol–water partition coefficient (Wildman–Crippen LogP) is 0.998. The van der Waals surface area contributed by atoms with E-state index in [-0.39, 0.29) is 6.42 Å². The Morgan fingerprint density at radius 2 is 1.56 bits per heavy atom. The van der Waals surface area contributed by atoms with E-state index in [0.29, 0.717) is 12.8 Å². The molecule has 0 saturated carbocycles. The number of unbranched alkanes of at least 4 members (excludes halogenated alkanes) is 5. The van der Waals surface area contributed by atoms with Gasteiger partial charge in [0.15, 0.2) is 11.7 Å². The largest absolute Gasteiger partial charge is 0.479 e. The third-order valence-corrected chi connectivity index (χ3v) is 2.97. The zero-order chi connectivity index (χ0) is 14.2. The van der Waals surface area contributed by atoms with Crippen molar-refractivity contribution >= 4 is 11.9 Å². The topological polar surface area (TPSA) is 115 Å². The van der Waals surface area contributed by atoms with Crippen LogP contribution in [0.2, 0.25) is 0 Å². The smallest absolute Gasteiger partial charge is 0.339 e. The highest BCUT2D eigenvalue weighted by Gasteiger charge is 2.47. The summed E-state index contributed by atoms with van der Waals surface area (Å²) in [6.45, 7) is 2.08. The number of carboxylic acid groups (broad SMARTS) is 2. The minimum atomic E-state index is -2.60. The Morgan fingerprint density at radius 3 is 2.00 bits per heavy atom. The first-order valence-electron chi connectivity index (χ1n) is 6.23. The fourth-order valence-corrected chi connectivity index (χ4v) is 1.74. The third-order valence-electron chi connectivity index (χ3n) is 2.97. The molecule has 0 aliphatic rings. The predicted molar refractivity (Wildman–Crippen MR) is 64.2 cm³/mol. The van der Waals surface area contributed by atoms with Gasteiger partial charge in [0.1, 0.15) is 0 Å². The van der Waals surface area contributed by atoms with Crippen LogP contribution in [0.25, 0.3) is 0 Å². The zero-order valence-electron chi connectivity index (χ0n) is 10.6. The molecule has 0 rings (SSSR count). The van der Waals surface area contributed by atoms with Gasteiger partial charge in [0.05, 0.1) is 0 Å². The quantitative estimate of drug-likeness (QED) is 0.436. The van der Waals surface area contributed by atoms with Gasteiger partial charge in [0.25, 0.3) is 0 Å².